The van der Waals surface area contributed by atoms with Gasteiger partial charge in [-0.05, 0) is 83.5 Å². The highest BCUT2D eigenvalue weighted by Crippen LogP contribution is 2.28. The summed E-state index contributed by atoms with van der Waals surface area (Å²) in [5, 5.41) is 8.44. The zero-order chi connectivity index (χ0) is 17.7. The van der Waals surface area contributed by atoms with Crippen molar-refractivity contribution in [3.63, 3.8) is 0 Å². The van der Waals surface area contributed by atoms with Gasteiger partial charge in [0, 0.05) is 0 Å². The van der Waals surface area contributed by atoms with Crippen molar-refractivity contribution in [3.05, 3.63) is 0 Å². The lowest BCUT2D eigenvalue weighted by Gasteiger charge is -2.37. The molecule has 0 atom stereocenters. The molecule has 0 unspecified atom stereocenters. The van der Waals surface area contributed by atoms with Crippen LogP contribution < -0.4 is 0 Å². The zero-order valence-electron chi connectivity index (χ0n) is 16.2. The van der Waals surface area contributed by atoms with Gasteiger partial charge in [-0.1, -0.05) is 0 Å². The van der Waals surface area contributed by atoms with E-state index in [2.05, 4.69) is 63.8 Å². The molecule has 0 bridgehead atoms. The van der Waals surface area contributed by atoms with E-state index in [0.717, 1.165) is 12.5 Å². The molecule has 0 aliphatic rings. The summed E-state index contributed by atoms with van der Waals surface area (Å²) in [4.78, 5) is 4.18. The minimum atomic E-state index is -1.67. The molecule has 0 amide bonds. The summed E-state index contributed by atoms with van der Waals surface area (Å²) in [6.45, 7) is 21.2. The first kappa shape index (κ1) is 22.7. The average molecular weight is 383 g/mol. The highest BCUT2D eigenvalue weighted by Gasteiger charge is 2.36. The van der Waals surface area contributed by atoms with Crippen molar-refractivity contribution in [1.82, 2.24) is 0 Å². The van der Waals surface area contributed by atoms with E-state index in [1.54, 1.807) is 0 Å². The van der Waals surface area contributed by atoms with Gasteiger partial charge in [-0.2, -0.15) is 0 Å². The SMILES string of the molecule is C[Si](C)(C)O[Si](C)(C)CC[Si](C)(C)O[Si](C)(C)CCCOO. The van der Waals surface area contributed by atoms with E-state index < -0.39 is 33.3 Å². The third-order valence-corrected chi connectivity index (χ3v) is 17.5. The molecule has 1 N–H and O–H groups in total. The Morgan fingerprint density at radius 3 is 1.45 bits per heavy atom. The van der Waals surface area contributed by atoms with Crippen LogP contribution in [0.5, 0.6) is 0 Å². The van der Waals surface area contributed by atoms with E-state index in [1.165, 1.54) is 12.1 Å². The lowest BCUT2D eigenvalue weighted by Crippen LogP contribution is -2.47. The maximum Gasteiger partial charge on any atom is 0.173 e. The van der Waals surface area contributed by atoms with Gasteiger partial charge >= 0.3 is 0 Å². The largest absolute Gasteiger partial charge is 0.456 e. The molecule has 0 aromatic rings. The summed E-state index contributed by atoms with van der Waals surface area (Å²) in [5.41, 5.74) is 0. The van der Waals surface area contributed by atoms with Gasteiger partial charge in [0.05, 0.1) is 6.61 Å². The summed E-state index contributed by atoms with van der Waals surface area (Å²) in [5.74, 6) is 0. The number of hydrogen-bond donors (Lipinski definition) is 1. The van der Waals surface area contributed by atoms with Crippen molar-refractivity contribution in [2.75, 3.05) is 6.61 Å². The lowest BCUT2D eigenvalue weighted by molar-refractivity contribution is -0.241. The normalized spacial score (nSPS) is 14.5. The van der Waals surface area contributed by atoms with Gasteiger partial charge in [0.2, 0.25) is 0 Å². The summed E-state index contributed by atoms with van der Waals surface area (Å²) < 4.78 is 13.1. The van der Waals surface area contributed by atoms with Crippen LogP contribution in [0.1, 0.15) is 6.42 Å². The molecular weight excluding hydrogens is 344 g/mol. The zero-order valence-corrected chi connectivity index (χ0v) is 20.2. The molecule has 0 saturated heterocycles. The van der Waals surface area contributed by atoms with Crippen LogP contribution in [0.15, 0.2) is 0 Å². The van der Waals surface area contributed by atoms with Gasteiger partial charge in [0.25, 0.3) is 0 Å². The average Bonchev–Trinajstić information content (AvgIpc) is 2.22. The van der Waals surface area contributed by atoms with Crippen LogP contribution in [0.2, 0.25) is 77.1 Å². The molecule has 0 saturated carbocycles. The molecule has 22 heavy (non-hydrogen) atoms. The Morgan fingerprint density at radius 1 is 0.636 bits per heavy atom. The fraction of sp³-hybridized carbons (Fsp3) is 1.00. The molecular formula is C14H38O4Si4. The Morgan fingerprint density at radius 2 is 1.05 bits per heavy atom. The van der Waals surface area contributed by atoms with Crippen molar-refractivity contribution < 1.29 is 18.4 Å². The van der Waals surface area contributed by atoms with Crippen LogP contribution in [0.3, 0.4) is 0 Å². The summed E-state index contributed by atoms with van der Waals surface area (Å²) in [7, 11) is -6.35. The Bertz CT molecular complexity index is 327. The first-order chi connectivity index (χ1) is 9.68. The Balaban J connectivity index is 4.44. The van der Waals surface area contributed by atoms with Gasteiger partial charge < -0.3 is 8.23 Å². The van der Waals surface area contributed by atoms with E-state index in [-0.39, 0.29) is 0 Å². The highest BCUT2D eigenvalue weighted by atomic mass is 28.4. The Labute approximate surface area is 142 Å². The molecule has 0 aromatic carbocycles. The molecule has 8 heteroatoms. The van der Waals surface area contributed by atoms with Crippen molar-refractivity contribution in [2.45, 2.75) is 83.5 Å². The van der Waals surface area contributed by atoms with Gasteiger partial charge in [-0.25, -0.2) is 4.89 Å². The molecule has 0 radical (unpaired) electrons. The molecule has 0 heterocycles. The second-order valence-electron chi connectivity index (χ2n) is 9.03. The van der Waals surface area contributed by atoms with Crippen molar-refractivity contribution in [3.8, 4) is 0 Å². The van der Waals surface area contributed by atoms with Crippen LogP contribution in [0.4, 0.5) is 0 Å². The Kier molecular flexibility index (Phi) is 8.98. The van der Waals surface area contributed by atoms with E-state index >= 15 is 0 Å². The van der Waals surface area contributed by atoms with Crippen LogP contribution in [0, 0.1) is 0 Å². The lowest BCUT2D eigenvalue weighted by atomic mass is 10.5. The predicted molar refractivity (Wildman–Crippen MR) is 106 cm³/mol. The minimum Gasteiger partial charge on any atom is -0.456 e. The molecule has 4 nitrogen and oxygen atoms in total. The molecule has 0 fully saturated rings. The van der Waals surface area contributed by atoms with Crippen molar-refractivity contribution >= 4 is 33.3 Å². The highest BCUT2D eigenvalue weighted by molar-refractivity contribution is 6.87. The van der Waals surface area contributed by atoms with Crippen LogP contribution >= 0.6 is 0 Å². The van der Waals surface area contributed by atoms with E-state index in [9.17, 15) is 0 Å². The second-order valence-corrected chi connectivity index (χ2v) is 26.9. The standard InChI is InChI=1S/C14H38O4Si4/c1-19(2,3)17-21(6,7)13-14-22(8,9)18-20(4,5)12-10-11-16-15/h15H,10-14H2,1-9H3. The number of rotatable bonds is 11. The number of hydrogen-bond acceptors (Lipinski definition) is 4. The Hall–Kier alpha value is 0.708. The van der Waals surface area contributed by atoms with Crippen LogP contribution in [0.25, 0.3) is 0 Å². The second kappa shape index (κ2) is 8.70. The fourth-order valence-electron chi connectivity index (χ4n) is 2.89. The molecule has 134 valence electrons. The fourth-order valence-corrected chi connectivity index (χ4v) is 22.5. The maximum atomic E-state index is 8.44. The first-order valence-electron chi connectivity index (χ1n) is 8.35. The van der Waals surface area contributed by atoms with Gasteiger partial charge in [-0.3, -0.25) is 5.26 Å². The molecule has 0 spiro atoms. The summed E-state index contributed by atoms with van der Waals surface area (Å²) in [6.07, 6.45) is 0.874. The van der Waals surface area contributed by atoms with Gasteiger partial charge in [0.15, 0.2) is 33.3 Å². The van der Waals surface area contributed by atoms with Gasteiger partial charge in [0.1, 0.15) is 0 Å². The van der Waals surface area contributed by atoms with Crippen LogP contribution in [-0.2, 0) is 13.1 Å². The van der Waals surface area contributed by atoms with Gasteiger partial charge in [-0.15, -0.1) is 0 Å². The molecule has 0 aliphatic heterocycles. The van der Waals surface area contributed by atoms with E-state index in [1.807, 2.05) is 0 Å². The van der Waals surface area contributed by atoms with E-state index in [0.29, 0.717) is 6.61 Å². The quantitative estimate of drug-likeness (QED) is 0.226. The first-order valence-corrected chi connectivity index (χ1v) is 21.1. The third kappa shape index (κ3) is 12.2. The summed E-state index contributed by atoms with van der Waals surface area (Å²) in [6, 6.07) is 3.42. The molecule has 0 rings (SSSR count). The minimum absolute atomic E-state index is 0.409. The van der Waals surface area contributed by atoms with Crippen molar-refractivity contribution in [1.29, 1.82) is 0 Å². The predicted octanol–water partition coefficient (Wildman–Crippen LogP) is 5.35. The summed E-state index contributed by atoms with van der Waals surface area (Å²) >= 11 is 0. The maximum absolute atomic E-state index is 8.44. The van der Waals surface area contributed by atoms with Crippen molar-refractivity contribution in [2.24, 2.45) is 0 Å². The van der Waals surface area contributed by atoms with E-state index in [4.69, 9.17) is 13.5 Å². The smallest absolute Gasteiger partial charge is 0.173 e. The monoisotopic (exact) mass is 382 g/mol. The molecule has 0 aliphatic carbocycles. The molecule has 0 aromatic heterocycles. The topological polar surface area (TPSA) is 47.9 Å². The van der Waals surface area contributed by atoms with Crippen LogP contribution in [-0.4, -0.2) is 45.1 Å². The third-order valence-electron chi connectivity index (χ3n) is 3.48.